The van der Waals surface area contributed by atoms with Crippen molar-refractivity contribution < 1.29 is 13.6 Å². The Bertz CT molecular complexity index is 567. The van der Waals surface area contributed by atoms with Crippen molar-refractivity contribution in [3.63, 3.8) is 0 Å². The van der Waals surface area contributed by atoms with E-state index in [9.17, 15) is 13.6 Å². The topological polar surface area (TPSA) is 17.1 Å². The Morgan fingerprint density at radius 2 is 1.68 bits per heavy atom. The normalized spacial score (nSPS) is 10.4. The first-order chi connectivity index (χ1) is 9.16. The van der Waals surface area contributed by atoms with E-state index in [4.69, 9.17) is 0 Å². The van der Waals surface area contributed by atoms with Crippen molar-refractivity contribution in [1.29, 1.82) is 0 Å². The number of carbonyl (C=O) groups excluding carboxylic acids is 1. The van der Waals surface area contributed by atoms with Crippen molar-refractivity contribution >= 4 is 17.5 Å². The fourth-order valence-corrected chi connectivity index (χ4v) is 2.48. The maximum atomic E-state index is 13.3. The van der Waals surface area contributed by atoms with E-state index in [0.29, 0.717) is 22.6 Å². The van der Waals surface area contributed by atoms with Gasteiger partial charge in [0.1, 0.15) is 11.6 Å². The van der Waals surface area contributed by atoms with Gasteiger partial charge in [-0.05, 0) is 36.4 Å². The second-order valence-electron chi connectivity index (χ2n) is 3.96. The smallest absolute Gasteiger partial charge is 0.163 e. The maximum absolute atomic E-state index is 13.3. The molecule has 2 aromatic carbocycles. The van der Waals surface area contributed by atoms with E-state index in [1.165, 1.54) is 42.1 Å². The largest absolute Gasteiger partial charge is 0.294 e. The van der Waals surface area contributed by atoms with Crippen LogP contribution in [-0.4, -0.2) is 11.5 Å². The fraction of sp³-hybridized carbons (Fsp3) is 0.133. The van der Waals surface area contributed by atoms with Crippen LogP contribution >= 0.6 is 11.8 Å². The van der Waals surface area contributed by atoms with Gasteiger partial charge in [0.05, 0.1) is 0 Å². The van der Waals surface area contributed by atoms with Crippen molar-refractivity contribution in [1.82, 2.24) is 0 Å². The van der Waals surface area contributed by atoms with E-state index in [1.807, 2.05) is 0 Å². The minimum atomic E-state index is -0.364. The molecule has 0 spiro atoms. The molecule has 0 saturated heterocycles. The molecule has 0 saturated carbocycles. The lowest BCUT2D eigenvalue weighted by Gasteiger charge is -2.03. The van der Waals surface area contributed by atoms with E-state index in [0.717, 1.165) is 0 Å². The summed E-state index contributed by atoms with van der Waals surface area (Å²) in [6.45, 7) is 0. The van der Waals surface area contributed by atoms with Gasteiger partial charge in [0, 0.05) is 22.6 Å². The molecular weight excluding hydrogens is 266 g/mol. The summed E-state index contributed by atoms with van der Waals surface area (Å²) in [6.07, 6.45) is 0.296. The molecule has 0 aliphatic carbocycles. The lowest BCUT2D eigenvalue weighted by Crippen LogP contribution is -2.00. The van der Waals surface area contributed by atoms with Crippen LogP contribution in [0.5, 0.6) is 0 Å². The molecule has 0 amide bonds. The molecule has 0 atom stereocenters. The SMILES string of the molecule is O=C(CCSc1ccccc1F)c1ccc(F)cc1. The Morgan fingerprint density at radius 1 is 1.00 bits per heavy atom. The Kier molecular flexibility index (Phi) is 4.68. The zero-order valence-electron chi connectivity index (χ0n) is 10.1. The number of hydrogen-bond acceptors (Lipinski definition) is 2. The van der Waals surface area contributed by atoms with E-state index in [2.05, 4.69) is 0 Å². The summed E-state index contributed by atoms with van der Waals surface area (Å²) in [7, 11) is 0. The number of halogens is 2. The highest BCUT2D eigenvalue weighted by Gasteiger charge is 2.07. The van der Waals surface area contributed by atoms with E-state index in [1.54, 1.807) is 18.2 Å². The van der Waals surface area contributed by atoms with Crippen LogP contribution in [0.15, 0.2) is 53.4 Å². The number of benzene rings is 2. The van der Waals surface area contributed by atoms with Crippen LogP contribution in [0.2, 0.25) is 0 Å². The molecule has 4 heteroatoms. The maximum Gasteiger partial charge on any atom is 0.163 e. The summed E-state index contributed by atoms with van der Waals surface area (Å²) in [6, 6.07) is 11.9. The van der Waals surface area contributed by atoms with E-state index in [-0.39, 0.29) is 17.4 Å². The standard InChI is InChI=1S/C15H12F2OS/c16-12-7-5-11(6-8-12)14(18)9-10-19-15-4-2-1-3-13(15)17/h1-8H,9-10H2. The first kappa shape index (κ1) is 13.7. The van der Waals surface area contributed by atoms with Crippen LogP contribution in [0, 0.1) is 11.6 Å². The molecule has 19 heavy (non-hydrogen) atoms. The second kappa shape index (κ2) is 6.48. The number of carbonyl (C=O) groups is 1. The number of thioether (sulfide) groups is 1. The molecule has 0 aliphatic rings. The molecule has 0 fully saturated rings. The molecule has 0 aromatic heterocycles. The number of ketones is 1. The van der Waals surface area contributed by atoms with Gasteiger partial charge >= 0.3 is 0 Å². The Morgan fingerprint density at radius 3 is 2.37 bits per heavy atom. The van der Waals surface area contributed by atoms with Gasteiger partial charge in [0.15, 0.2) is 5.78 Å². The van der Waals surface area contributed by atoms with Crippen molar-refractivity contribution in [2.75, 3.05) is 5.75 Å². The highest BCUT2D eigenvalue weighted by atomic mass is 32.2. The molecule has 0 heterocycles. The zero-order valence-corrected chi connectivity index (χ0v) is 10.9. The second-order valence-corrected chi connectivity index (χ2v) is 5.10. The van der Waals surface area contributed by atoms with Crippen molar-refractivity contribution in [3.05, 3.63) is 65.7 Å². The monoisotopic (exact) mass is 278 g/mol. The minimum absolute atomic E-state index is 0.0659. The molecule has 0 unspecified atom stereocenters. The molecular formula is C15H12F2OS. The third-order valence-corrected chi connectivity index (χ3v) is 3.64. The average molecular weight is 278 g/mol. The molecule has 2 aromatic rings. The Balaban J connectivity index is 1.88. The quantitative estimate of drug-likeness (QED) is 0.598. The number of Topliss-reactive ketones (excluding diaryl/α,β-unsaturated/α-hetero) is 1. The summed E-state index contributed by atoms with van der Waals surface area (Å²) < 4.78 is 26.0. The molecule has 2 rings (SSSR count). The van der Waals surface area contributed by atoms with Gasteiger partial charge < -0.3 is 0 Å². The lowest BCUT2D eigenvalue weighted by molar-refractivity contribution is 0.0989. The van der Waals surface area contributed by atoms with Crippen LogP contribution in [0.1, 0.15) is 16.8 Å². The van der Waals surface area contributed by atoms with Crippen LogP contribution in [0.3, 0.4) is 0 Å². The number of rotatable bonds is 5. The molecule has 98 valence electrons. The van der Waals surface area contributed by atoms with Gasteiger partial charge in [0.2, 0.25) is 0 Å². The zero-order chi connectivity index (χ0) is 13.7. The van der Waals surface area contributed by atoms with Crippen LogP contribution in [-0.2, 0) is 0 Å². The van der Waals surface area contributed by atoms with Gasteiger partial charge in [0.25, 0.3) is 0 Å². The third-order valence-electron chi connectivity index (χ3n) is 2.59. The Hall–Kier alpha value is -1.68. The summed E-state index contributed by atoms with van der Waals surface area (Å²) in [5.74, 6) is -0.209. The first-order valence-corrected chi connectivity index (χ1v) is 6.81. The van der Waals surface area contributed by atoms with Crippen molar-refractivity contribution in [2.45, 2.75) is 11.3 Å². The highest BCUT2D eigenvalue weighted by Crippen LogP contribution is 2.22. The third kappa shape index (κ3) is 3.89. The lowest BCUT2D eigenvalue weighted by atomic mass is 10.1. The van der Waals surface area contributed by atoms with Crippen molar-refractivity contribution in [3.8, 4) is 0 Å². The summed E-state index contributed by atoms with van der Waals surface area (Å²) in [4.78, 5) is 12.3. The predicted octanol–water partition coefficient (Wildman–Crippen LogP) is 4.33. The van der Waals surface area contributed by atoms with E-state index < -0.39 is 0 Å². The van der Waals surface area contributed by atoms with Gasteiger partial charge in [-0.2, -0.15) is 0 Å². The van der Waals surface area contributed by atoms with E-state index >= 15 is 0 Å². The van der Waals surface area contributed by atoms with Gasteiger partial charge in [-0.25, -0.2) is 8.78 Å². The van der Waals surface area contributed by atoms with Crippen LogP contribution in [0.25, 0.3) is 0 Å². The van der Waals surface area contributed by atoms with Crippen LogP contribution in [0.4, 0.5) is 8.78 Å². The minimum Gasteiger partial charge on any atom is -0.294 e. The Labute approximate surface area is 114 Å². The molecule has 0 bridgehead atoms. The molecule has 0 radical (unpaired) electrons. The van der Waals surface area contributed by atoms with Crippen molar-refractivity contribution in [2.24, 2.45) is 0 Å². The average Bonchev–Trinajstić information content (AvgIpc) is 2.41. The first-order valence-electron chi connectivity index (χ1n) is 5.83. The highest BCUT2D eigenvalue weighted by molar-refractivity contribution is 7.99. The fourth-order valence-electron chi connectivity index (χ4n) is 1.60. The van der Waals surface area contributed by atoms with Gasteiger partial charge in [-0.1, -0.05) is 12.1 Å². The summed E-state index contributed by atoms with van der Waals surface area (Å²) >= 11 is 1.30. The molecule has 1 nitrogen and oxygen atoms in total. The number of hydrogen-bond donors (Lipinski definition) is 0. The summed E-state index contributed by atoms with van der Waals surface area (Å²) in [5, 5.41) is 0. The summed E-state index contributed by atoms with van der Waals surface area (Å²) in [5.41, 5.74) is 0.482. The van der Waals surface area contributed by atoms with Crippen LogP contribution < -0.4 is 0 Å². The van der Waals surface area contributed by atoms with Gasteiger partial charge in [-0.3, -0.25) is 4.79 Å². The van der Waals surface area contributed by atoms with Gasteiger partial charge in [-0.15, -0.1) is 11.8 Å². The predicted molar refractivity (Wildman–Crippen MR) is 72.5 cm³/mol. The molecule has 0 N–H and O–H groups in total. The molecule has 0 aliphatic heterocycles.